The van der Waals surface area contributed by atoms with E-state index in [4.69, 9.17) is 17.3 Å². The van der Waals surface area contributed by atoms with E-state index in [1.54, 1.807) is 30.3 Å². The van der Waals surface area contributed by atoms with Crippen LogP contribution in [0.5, 0.6) is 0 Å². The van der Waals surface area contributed by atoms with Crippen LogP contribution in [0.3, 0.4) is 0 Å². The number of hydrogen-bond donors (Lipinski definition) is 1. The summed E-state index contributed by atoms with van der Waals surface area (Å²) in [6, 6.07) is 11.0. The summed E-state index contributed by atoms with van der Waals surface area (Å²) >= 11 is 5.75. The topological polar surface area (TPSA) is 43.1 Å². The fourth-order valence-electron chi connectivity index (χ4n) is 1.52. The third-order valence-corrected chi connectivity index (χ3v) is 2.56. The van der Waals surface area contributed by atoms with Crippen LogP contribution in [0.25, 0.3) is 0 Å². The smallest absolute Gasteiger partial charge is 0.196 e. The lowest BCUT2D eigenvalue weighted by Gasteiger charge is -2.05. The molecule has 0 fully saturated rings. The van der Waals surface area contributed by atoms with E-state index in [2.05, 4.69) is 0 Å². The maximum Gasteiger partial charge on any atom is 0.196 e. The first-order valence-corrected chi connectivity index (χ1v) is 5.31. The summed E-state index contributed by atoms with van der Waals surface area (Å²) in [6.45, 7) is 0. The highest BCUT2D eigenvalue weighted by molar-refractivity contribution is 6.31. The van der Waals surface area contributed by atoms with Crippen LogP contribution in [0, 0.1) is 5.82 Å². The third kappa shape index (κ3) is 2.29. The minimum absolute atomic E-state index is 0.110. The molecule has 17 heavy (non-hydrogen) atoms. The van der Waals surface area contributed by atoms with Crippen LogP contribution in [0.1, 0.15) is 15.9 Å². The van der Waals surface area contributed by atoms with E-state index < -0.39 is 11.6 Å². The summed E-state index contributed by atoms with van der Waals surface area (Å²) in [5, 5.41) is 0.239. The van der Waals surface area contributed by atoms with E-state index in [9.17, 15) is 9.18 Å². The van der Waals surface area contributed by atoms with Gasteiger partial charge >= 0.3 is 0 Å². The van der Waals surface area contributed by atoms with Gasteiger partial charge < -0.3 is 5.73 Å². The lowest BCUT2D eigenvalue weighted by atomic mass is 10.0. The van der Waals surface area contributed by atoms with Crippen molar-refractivity contribution in [3.8, 4) is 0 Å². The molecule has 4 heteroatoms. The zero-order valence-corrected chi connectivity index (χ0v) is 9.54. The number of ketones is 1. The van der Waals surface area contributed by atoms with Gasteiger partial charge in [-0.25, -0.2) is 4.39 Å². The summed E-state index contributed by atoms with van der Waals surface area (Å²) in [7, 11) is 0. The maximum atomic E-state index is 13.7. The molecule has 0 heterocycles. The Morgan fingerprint density at radius 3 is 2.47 bits per heavy atom. The van der Waals surface area contributed by atoms with Crippen LogP contribution in [-0.2, 0) is 0 Å². The number of hydrogen-bond acceptors (Lipinski definition) is 2. The minimum atomic E-state index is -0.733. The normalized spacial score (nSPS) is 10.2. The second-order valence-electron chi connectivity index (χ2n) is 3.55. The van der Waals surface area contributed by atoms with Crippen molar-refractivity contribution in [1.82, 2.24) is 0 Å². The zero-order chi connectivity index (χ0) is 12.4. The van der Waals surface area contributed by atoms with Crippen molar-refractivity contribution in [1.29, 1.82) is 0 Å². The van der Waals surface area contributed by atoms with Gasteiger partial charge in [-0.3, -0.25) is 4.79 Å². The molecule has 0 spiro atoms. The molecule has 2 N–H and O–H groups in total. The number of nitrogen functional groups attached to an aromatic ring is 1. The standard InChI is InChI=1S/C13H9ClFNO/c14-9-6-10(12(15)11(16)7-9)13(17)8-4-2-1-3-5-8/h1-7H,16H2. The van der Waals surface area contributed by atoms with Crippen molar-refractivity contribution in [2.45, 2.75) is 0 Å². The molecule has 86 valence electrons. The van der Waals surface area contributed by atoms with Crippen LogP contribution >= 0.6 is 11.6 Å². The Kier molecular flexibility index (Phi) is 3.11. The number of halogens is 2. The van der Waals surface area contributed by atoms with E-state index in [-0.39, 0.29) is 16.3 Å². The van der Waals surface area contributed by atoms with E-state index >= 15 is 0 Å². The maximum absolute atomic E-state index is 13.7. The Bertz CT molecular complexity index is 569. The summed E-state index contributed by atoms with van der Waals surface area (Å²) in [6.07, 6.45) is 0. The fraction of sp³-hybridized carbons (Fsp3) is 0. The van der Waals surface area contributed by atoms with Crippen molar-refractivity contribution < 1.29 is 9.18 Å². The Hall–Kier alpha value is -1.87. The van der Waals surface area contributed by atoms with Gasteiger partial charge in [-0.05, 0) is 12.1 Å². The number of carbonyl (C=O) groups is 1. The number of benzene rings is 2. The van der Waals surface area contributed by atoms with Gasteiger partial charge in [0.25, 0.3) is 0 Å². The Balaban J connectivity index is 2.52. The molecule has 2 rings (SSSR count). The van der Waals surface area contributed by atoms with Crippen molar-refractivity contribution in [3.63, 3.8) is 0 Å². The third-order valence-electron chi connectivity index (χ3n) is 2.35. The monoisotopic (exact) mass is 249 g/mol. The SMILES string of the molecule is Nc1cc(Cl)cc(C(=O)c2ccccc2)c1F. The van der Waals surface area contributed by atoms with Crippen molar-refractivity contribution in [3.05, 3.63) is 64.4 Å². The lowest BCUT2D eigenvalue weighted by molar-refractivity contribution is 0.103. The molecular weight excluding hydrogens is 241 g/mol. The highest BCUT2D eigenvalue weighted by atomic mass is 35.5. The molecule has 0 radical (unpaired) electrons. The predicted octanol–water partition coefficient (Wildman–Crippen LogP) is 3.29. The van der Waals surface area contributed by atoms with Crippen LogP contribution in [0.15, 0.2) is 42.5 Å². The first kappa shape index (κ1) is 11.6. The van der Waals surface area contributed by atoms with Gasteiger partial charge in [0.15, 0.2) is 11.6 Å². The Labute approximate surface area is 103 Å². The molecule has 0 unspecified atom stereocenters. The van der Waals surface area contributed by atoms with Gasteiger partial charge in [-0.15, -0.1) is 0 Å². The van der Waals surface area contributed by atoms with Gasteiger partial charge in [0.1, 0.15) is 0 Å². The molecule has 0 atom stereocenters. The number of carbonyl (C=O) groups excluding carboxylic acids is 1. The summed E-state index contributed by atoms with van der Waals surface area (Å²) < 4.78 is 13.7. The zero-order valence-electron chi connectivity index (χ0n) is 8.78. The van der Waals surface area contributed by atoms with Gasteiger partial charge in [-0.1, -0.05) is 41.9 Å². The molecule has 0 aliphatic heterocycles. The quantitative estimate of drug-likeness (QED) is 0.656. The van der Waals surface area contributed by atoms with Crippen molar-refractivity contribution in [2.24, 2.45) is 0 Å². The lowest BCUT2D eigenvalue weighted by Crippen LogP contribution is -2.06. The summed E-state index contributed by atoms with van der Waals surface area (Å²) in [5.74, 6) is -1.17. The molecule has 2 nitrogen and oxygen atoms in total. The Morgan fingerprint density at radius 2 is 1.82 bits per heavy atom. The van der Waals surface area contributed by atoms with Gasteiger partial charge in [0.2, 0.25) is 0 Å². The molecule has 0 saturated heterocycles. The largest absolute Gasteiger partial charge is 0.396 e. The summed E-state index contributed by atoms with van der Waals surface area (Å²) in [4.78, 5) is 12.0. The number of rotatable bonds is 2. The highest BCUT2D eigenvalue weighted by Crippen LogP contribution is 2.23. The molecule has 2 aromatic rings. The molecule has 2 aromatic carbocycles. The van der Waals surface area contributed by atoms with Crippen LogP contribution in [0.2, 0.25) is 5.02 Å². The number of nitrogens with two attached hydrogens (primary N) is 1. The van der Waals surface area contributed by atoms with Gasteiger partial charge in [0, 0.05) is 10.6 Å². The average molecular weight is 250 g/mol. The molecular formula is C13H9ClFNO. The van der Waals surface area contributed by atoms with E-state index in [0.29, 0.717) is 5.56 Å². The van der Waals surface area contributed by atoms with Crippen molar-refractivity contribution in [2.75, 3.05) is 5.73 Å². The first-order valence-electron chi connectivity index (χ1n) is 4.94. The molecule has 0 aliphatic carbocycles. The highest BCUT2D eigenvalue weighted by Gasteiger charge is 2.16. The predicted molar refractivity (Wildman–Crippen MR) is 65.7 cm³/mol. The first-order chi connectivity index (χ1) is 8.09. The van der Waals surface area contributed by atoms with Crippen LogP contribution in [-0.4, -0.2) is 5.78 Å². The Morgan fingerprint density at radius 1 is 1.18 bits per heavy atom. The molecule has 0 saturated carbocycles. The molecule has 0 amide bonds. The van der Waals surface area contributed by atoms with Gasteiger partial charge in [0.05, 0.1) is 11.3 Å². The average Bonchev–Trinajstić information content (AvgIpc) is 2.34. The minimum Gasteiger partial charge on any atom is -0.396 e. The van der Waals surface area contributed by atoms with E-state index in [1.807, 2.05) is 0 Å². The molecule has 0 aliphatic rings. The van der Waals surface area contributed by atoms with E-state index in [1.165, 1.54) is 12.1 Å². The molecule has 0 aromatic heterocycles. The number of anilines is 1. The second-order valence-corrected chi connectivity index (χ2v) is 3.99. The van der Waals surface area contributed by atoms with Crippen LogP contribution in [0.4, 0.5) is 10.1 Å². The fourth-order valence-corrected chi connectivity index (χ4v) is 1.75. The summed E-state index contributed by atoms with van der Waals surface area (Å²) in [5.41, 5.74) is 5.58. The van der Waals surface area contributed by atoms with E-state index in [0.717, 1.165) is 0 Å². The van der Waals surface area contributed by atoms with Crippen LogP contribution < -0.4 is 5.73 Å². The van der Waals surface area contributed by atoms with Crippen molar-refractivity contribution >= 4 is 23.1 Å². The second kappa shape index (κ2) is 4.55. The molecule has 0 bridgehead atoms. The van der Waals surface area contributed by atoms with Gasteiger partial charge in [-0.2, -0.15) is 0 Å².